The van der Waals surface area contributed by atoms with Gasteiger partial charge in [-0.3, -0.25) is 0 Å². The number of nitrogens with zero attached hydrogens (tertiary/aromatic N) is 2. The normalized spacial score (nSPS) is 11.7. The van der Waals surface area contributed by atoms with Gasteiger partial charge in [-0.05, 0) is 19.3 Å². The summed E-state index contributed by atoms with van der Waals surface area (Å²) in [7, 11) is 0. The fourth-order valence-electron chi connectivity index (χ4n) is 1.52. The molecule has 18 heavy (non-hydrogen) atoms. The first-order chi connectivity index (χ1) is 8.42. The number of carboxylic acids is 1. The van der Waals surface area contributed by atoms with Gasteiger partial charge in [0.15, 0.2) is 0 Å². The van der Waals surface area contributed by atoms with Gasteiger partial charge >= 0.3 is 12.0 Å². The molecule has 0 saturated heterocycles. The van der Waals surface area contributed by atoms with Crippen LogP contribution in [0.1, 0.15) is 33.6 Å². The summed E-state index contributed by atoms with van der Waals surface area (Å²) >= 11 is 0. The topological polar surface area (TPSA) is 93.4 Å². The Morgan fingerprint density at radius 3 is 2.44 bits per heavy atom. The first-order valence-electron chi connectivity index (χ1n) is 6.07. The third-order valence-electron chi connectivity index (χ3n) is 2.47. The van der Waals surface area contributed by atoms with Crippen molar-refractivity contribution in [3.63, 3.8) is 0 Å². The van der Waals surface area contributed by atoms with Gasteiger partial charge in [0.1, 0.15) is 6.04 Å². The SMILES string of the molecule is CCN(CCC#N)C(=O)N[C@H](CC(C)C)C(=O)O. The number of hydrogen-bond donors (Lipinski definition) is 2. The lowest BCUT2D eigenvalue weighted by Crippen LogP contribution is -2.48. The summed E-state index contributed by atoms with van der Waals surface area (Å²) in [6, 6.07) is 0.647. The average molecular weight is 255 g/mol. The molecule has 0 aliphatic heterocycles. The van der Waals surface area contributed by atoms with Crippen molar-refractivity contribution in [1.29, 1.82) is 5.26 Å². The zero-order valence-electron chi connectivity index (χ0n) is 11.1. The highest BCUT2D eigenvalue weighted by Crippen LogP contribution is 2.06. The Kier molecular flexibility index (Phi) is 7.52. The van der Waals surface area contributed by atoms with Gasteiger partial charge < -0.3 is 15.3 Å². The number of aliphatic carboxylic acids is 1. The largest absolute Gasteiger partial charge is 0.480 e. The zero-order chi connectivity index (χ0) is 14.1. The second-order valence-corrected chi connectivity index (χ2v) is 4.46. The van der Waals surface area contributed by atoms with Crippen LogP contribution in [0.25, 0.3) is 0 Å². The molecular weight excluding hydrogens is 234 g/mol. The summed E-state index contributed by atoms with van der Waals surface area (Å²) in [5.74, 6) is -0.853. The molecule has 0 aliphatic rings. The number of carbonyl (C=O) groups is 2. The maximum atomic E-state index is 11.8. The Morgan fingerprint density at radius 2 is 2.06 bits per heavy atom. The second-order valence-electron chi connectivity index (χ2n) is 4.46. The summed E-state index contributed by atoms with van der Waals surface area (Å²) in [6.07, 6.45) is 0.625. The molecule has 0 rings (SSSR count). The van der Waals surface area contributed by atoms with Crippen LogP contribution < -0.4 is 5.32 Å². The van der Waals surface area contributed by atoms with E-state index in [1.54, 1.807) is 6.92 Å². The van der Waals surface area contributed by atoms with Gasteiger partial charge in [-0.25, -0.2) is 9.59 Å². The molecule has 1 atom stereocenters. The number of hydrogen-bond acceptors (Lipinski definition) is 3. The Labute approximate surface area is 108 Å². The molecule has 0 fully saturated rings. The summed E-state index contributed by atoms with van der Waals surface area (Å²) < 4.78 is 0. The summed E-state index contributed by atoms with van der Waals surface area (Å²) in [6.45, 7) is 6.34. The summed E-state index contributed by atoms with van der Waals surface area (Å²) in [4.78, 5) is 24.3. The lowest BCUT2D eigenvalue weighted by Gasteiger charge is -2.23. The maximum Gasteiger partial charge on any atom is 0.326 e. The quantitative estimate of drug-likeness (QED) is 0.719. The standard InChI is InChI=1S/C12H21N3O3/c1-4-15(7-5-6-13)12(18)14-10(11(16)17)8-9(2)3/h9-10H,4-5,7-8H2,1-3H3,(H,14,18)(H,16,17)/t10-/m1/s1. The molecule has 0 aliphatic carbocycles. The molecule has 0 bridgehead atoms. The highest BCUT2D eigenvalue weighted by molar-refractivity contribution is 5.82. The van der Waals surface area contributed by atoms with Crippen molar-refractivity contribution in [2.45, 2.75) is 39.7 Å². The van der Waals surface area contributed by atoms with Gasteiger partial charge in [-0.2, -0.15) is 5.26 Å². The van der Waals surface area contributed by atoms with E-state index in [2.05, 4.69) is 5.32 Å². The van der Waals surface area contributed by atoms with E-state index in [4.69, 9.17) is 10.4 Å². The number of nitriles is 1. The summed E-state index contributed by atoms with van der Waals surface area (Å²) in [5.41, 5.74) is 0. The van der Waals surface area contributed by atoms with Gasteiger partial charge in [0.05, 0.1) is 12.5 Å². The molecule has 0 aromatic heterocycles. The predicted octanol–water partition coefficient (Wildman–Crippen LogP) is 1.43. The first kappa shape index (κ1) is 16.2. The Balaban J connectivity index is 4.47. The van der Waals surface area contributed by atoms with Gasteiger partial charge in [-0.1, -0.05) is 13.8 Å². The lowest BCUT2D eigenvalue weighted by molar-refractivity contribution is -0.139. The van der Waals surface area contributed by atoms with Crippen molar-refractivity contribution in [3.8, 4) is 6.07 Å². The number of amides is 2. The molecule has 6 heteroatoms. The van der Waals surface area contributed by atoms with E-state index in [1.807, 2.05) is 19.9 Å². The molecule has 2 N–H and O–H groups in total. The Hall–Kier alpha value is -1.77. The average Bonchev–Trinajstić information content (AvgIpc) is 2.28. The van der Waals surface area contributed by atoms with Crippen LogP contribution in [0.5, 0.6) is 0 Å². The maximum absolute atomic E-state index is 11.8. The molecule has 6 nitrogen and oxygen atoms in total. The molecule has 0 saturated carbocycles. The van der Waals surface area contributed by atoms with Gasteiger partial charge in [-0.15, -0.1) is 0 Å². The first-order valence-corrected chi connectivity index (χ1v) is 6.07. The van der Waals surface area contributed by atoms with Crippen LogP contribution in [0.2, 0.25) is 0 Å². The van der Waals surface area contributed by atoms with Gasteiger partial charge in [0.2, 0.25) is 0 Å². The van der Waals surface area contributed by atoms with Crippen molar-refractivity contribution in [3.05, 3.63) is 0 Å². The highest BCUT2D eigenvalue weighted by atomic mass is 16.4. The Bertz CT molecular complexity index is 323. The number of nitrogens with one attached hydrogen (secondary N) is 1. The van der Waals surface area contributed by atoms with Crippen LogP contribution in [0.3, 0.4) is 0 Å². The minimum Gasteiger partial charge on any atom is -0.480 e. The molecule has 0 radical (unpaired) electrons. The molecule has 2 amide bonds. The van der Waals surface area contributed by atoms with Crippen molar-refractivity contribution in [1.82, 2.24) is 10.2 Å². The van der Waals surface area contributed by atoms with E-state index >= 15 is 0 Å². The fraction of sp³-hybridized carbons (Fsp3) is 0.750. The van der Waals surface area contributed by atoms with Crippen molar-refractivity contribution < 1.29 is 14.7 Å². The van der Waals surface area contributed by atoms with Crippen LogP contribution in [0.4, 0.5) is 4.79 Å². The van der Waals surface area contributed by atoms with E-state index in [0.29, 0.717) is 19.5 Å². The van der Waals surface area contributed by atoms with Gasteiger partial charge in [0.25, 0.3) is 0 Å². The van der Waals surface area contributed by atoms with Crippen molar-refractivity contribution >= 4 is 12.0 Å². The Morgan fingerprint density at radius 1 is 1.44 bits per heavy atom. The van der Waals surface area contributed by atoms with E-state index in [1.165, 1.54) is 4.90 Å². The fourth-order valence-corrected chi connectivity index (χ4v) is 1.52. The molecule has 0 aromatic carbocycles. The third-order valence-corrected chi connectivity index (χ3v) is 2.47. The van der Waals surface area contributed by atoms with Crippen LogP contribution >= 0.6 is 0 Å². The van der Waals surface area contributed by atoms with E-state index in [-0.39, 0.29) is 12.3 Å². The molecular formula is C12H21N3O3. The van der Waals surface area contributed by atoms with E-state index < -0.39 is 18.0 Å². The smallest absolute Gasteiger partial charge is 0.326 e. The molecule has 0 unspecified atom stereocenters. The van der Waals surface area contributed by atoms with Crippen LogP contribution in [-0.4, -0.2) is 41.1 Å². The van der Waals surface area contributed by atoms with Crippen LogP contribution in [-0.2, 0) is 4.79 Å². The number of carbonyl (C=O) groups excluding carboxylic acids is 1. The van der Waals surface area contributed by atoms with E-state index in [0.717, 1.165) is 0 Å². The van der Waals surface area contributed by atoms with Gasteiger partial charge in [0, 0.05) is 13.1 Å². The lowest BCUT2D eigenvalue weighted by atomic mass is 10.0. The zero-order valence-corrected chi connectivity index (χ0v) is 11.1. The predicted molar refractivity (Wildman–Crippen MR) is 66.9 cm³/mol. The summed E-state index contributed by atoms with van der Waals surface area (Å²) in [5, 5.41) is 20.0. The molecule has 102 valence electrons. The molecule has 0 aromatic rings. The second kappa shape index (κ2) is 8.34. The van der Waals surface area contributed by atoms with E-state index in [9.17, 15) is 9.59 Å². The number of rotatable bonds is 7. The number of urea groups is 1. The molecule has 0 heterocycles. The highest BCUT2D eigenvalue weighted by Gasteiger charge is 2.23. The number of carboxylic acid groups (broad SMARTS) is 1. The third kappa shape index (κ3) is 6.09. The van der Waals surface area contributed by atoms with Crippen molar-refractivity contribution in [2.75, 3.05) is 13.1 Å². The van der Waals surface area contributed by atoms with Crippen molar-refractivity contribution in [2.24, 2.45) is 5.92 Å². The molecule has 0 spiro atoms. The minimum atomic E-state index is -1.03. The van der Waals surface area contributed by atoms with Crippen LogP contribution in [0, 0.1) is 17.2 Å². The minimum absolute atomic E-state index is 0.181. The monoisotopic (exact) mass is 255 g/mol. The van der Waals surface area contributed by atoms with Crippen LogP contribution in [0.15, 0.2) is 0 Å².